The fourth-order valence-corrected chi connectivity index (χ4v) is 4.71. The Labute approximate surface area is 198 Å². The number of aromatic nitrogens is 4. The Morgan fingerprint density at radius 3 is 2.76 bits per heavy atom. The van der Waals surface area contributed by atoms with E-state index in [4.69, 9.17) is 14.7 Å². The summed E-state index contributed by atoms with van der Waals surface area (Å²) in [5.74, 6) is 1.38. The summed E-state index contributed by atoms with van der Waals surface area (Å²) in [6.45, 7) is 4.54. The van der Waals surface area contributed by atoms with Crippen molar-refractivity contribution in [3.05, 3.63) is 35.5 Å². The number of hydrogen-bond acceptors (Lipinski definition) is 7. The van der Waals surface area contributed by atoms with Gasteiger partial charge in [0.25, 0.3) is 5.91 Å². The van der Waals surface area contributed by atoms with Crippen LogP contribution in [0.2, 0.25) is 0 Å². The van der Waals surface area contributed by atoms with Crippen molar-refractivity contribution in [1.82, 2.24) is 24.9 Å². The van der Waals surface area contributed by atoms with Crippen molar-refractivity contribution in [2.75, 3.05) is 30.8 Å². The second-order valence-corrected chi connectivity index (χ2v) is 9.79. The zero-order valence-electron chi connectivity index (χ0n) is 19.4. The molecule has 2 fully saturated rings. The molecule has 1 aliphatic heterocycles. The third-order valence-electron chi connectivity index (χ3n) is 6.42. The standard InChI is InChI=1S/C23H29BN6O2S/c1-14-11-16(3-6-18(14)21(31)26-17-4-5-17)19-12-25-30-20(19)27-22(33-2)28-23(30)29(24)13-15-7-9-32-10-8-15/h3,6,11-12,15,17H,4-5,7-10,13,24H2,1-2H3,(H,26,31). The van der Waals surface area contributed by atoms with E-state index in [-0.39, 0.29) is 5.91 Å². The normalized spacial score (nSPS) is 16.8. The summed E-state index contributed by atoms with van der Waals surface area (Å²) in [4.78, 5) is 24.3. The molecule has 1 saturated heterocycles. The number of benzene rings is 1. The topological polar surface area (TPSA) is 84.6 Å². The molecule has 0 radical (unpaired) electrons. The molecular weight excluding hydrogens is 435 g/mol. The number of hydrogen-bond donors (Lipinski definition) is 1. The maximum Gasteiger partial charge on any atom is 0.251 e. The minimum Gasteiger partial charge on any atom is -0.391 e. The van der Waals surface area contributed by atoms with Crippen molar-refractivity contribution in [3.8, 4) is 11.1 Å². The molecule has 1 N–H and O–H groups in total. The summed E-state index contributed by atoms with van der Waals surface area (Å²) >= 11 is 1.53. The highest BCUT2D eigenvalue weighted by molar-refractivity contribution is 7.98. The van der Waals surface area contributed by atoms with Gasteiger partial charge >= 0.3 is 0 Å². The Balaban J connectivity index is 1.47. The number of carbonyl (C=O) groups excluding carboxylic acids is 1. The molecule has 172 valence electrons. The second-order valence-electron chi connectivity index (χ2n) is 9.02. The van der Waals surface area contributed by atoms with Crippen LogP contribution in [0.5, 0.6) is 0 Å². The molecule has 1 saturated carbocycles. The van der Waals surface area contributed by atoms with Crippen LogP contribution in [0.25, 0.3) is 16.8 Å². The maximum atomic E-state index is 12.5. The Kier molecular flexibility index (Phi) is 6.29. The molecule has 8 nitrogen and oxygen atoms in total. The average molecular weight is 464 g/mol. The molecule has 0 spiro atoms. The predicted molar refractivity (Wildman–Crippen MR) is 133 cm³/mol. The van der Waals surface area contributed by atoms with Crippen LogP contribution in [0.15, 0.2) is 29.6 Å². The summed E-state index contributed by atoms with van der Waals surface area (Å²) in [5, 5.41) is 8.45. The lowest BCUT2D eigenvalue weighted by Crippen LogP contribution is -2.32. The van der Waals surface area contributed by atoms with E-state index in [9.17, 15) is 4.79 Å². The van der Waals surface area contributed by atoms with E-state index in [1.54, 1.807) is 0 Å². The van der Waals surface area contributed by atoms with Crippen molar-refractivity contribution in [2.45, 2.75) is 43.8 Å². The Hall–Kier alpha value is -2.59. The summed E-state index contributed by atoms with van der Waals surface area (Å²) < 4.78 is 7.34. The van der Waals surface area contributed by atoms with E-state index in [1.807, 2.05) is 42.1 Å². The van der Waals surface area contributed by atoms with Crippen molar-refractivity contribution < 1.29 is 9.53 Å². The summed E-state index contributed by atoms with van der Waals surface area (Å²) in [6.07, 6.45) is 8.12. The molecule has 0 unspecified atom stereocenters. The smallest absolute Gasteiger partial charge is 0.251 e. The minimum absolute atomic E-state index is 0.00503. The Morgan fingerprint density at radius 2 is 2.06 bits per heavy atom. The number of anilines is 1. The lowest BCUT2D eigenvalue weighted by Gasteiger charge is -2.28. The van der Waals surface area contributed by atoms with E-state index < -0.39 is 0 Å². The van der Waals surface area contributed by atoms with Crippen molar-refractivity contribution in [1.29, 1.82) is 0 Å². The van der Waals surface area contributed by atoms with Crippen molar-refractivity contribution in [3.63, 3.8) is 0 Å². The molecule has 2 aliphatic rings. The van der Waals surface area contributed by atoms with Crippen LogP contribution in [0.1, 0.15) is 41.6 Å². The number of nitrogens with one attached hydrogen (secondary N) is 1. The van der Waals surface area contributed by atoms with E-state index in [0.29, 0.717) is 12.0 Å². The highest BCUT2D eigenvalue weighted by Gasteiger charge is 2.25. The molecule has 1 aliphatic carbocycles. The first-order valence-corrected chi connectivity index (χ1v) is 12.8. The highest BCUT2D eigenvalue weighted by atomic mass is 32.2. The van der Waals surface area contributed by atoms with Gasteiger partial charge < -0.3 is 14.9 Å². The van der Waals surface area contributed by atoms with Crippen LogP contribution in [0.4, 0.5) is 5.95 Å². The molecular formula is C23H29BN6O2S. The number of aryl methyl sites for hydroxylation is 1. The first kappa shape index (κ1) is 22.2. The number of nitrogens with zero attached hydrogens (tertiary/aromatic N) is 5. The Morgan fingerprint density at radius 1 is 1.27 bits per heavy atom. The molecule has 2 aromatic heterocycles. The molecule has 0 atom stereocenters. The summed E-state index contributed by atoms with van der Waals surface area (Å²) in [5.41, 5.74) is 4.37. The lowest BCUT2D eigenvalue weighted by molar-refractivity contribution is 0.0690. The van der Waals surface area contributed by atoms with E-state index >= 15 is 0 Å². The van der Waals surface area contributed by atoms with Gasteiger partial charge in [0.2, 0.25) is 13.9 Å². The number of amides is 1. The first-order valence-electron chi connectivity index (χ1n) is 11.5. The van der Waals surface area contributed by atoms with Crippen LogP contribution < -0.4 is 10.1 Å². The van der Waals surface area contributed by atoms with Gasteiger partial charge in [-0.1, -0.05) is 23.9 Å². The number of thioether (sulfide) groups is 1. The number of ether oxygens (including phenoxy) is 1. The zero-order chi connectivity index (χ0) is 22.9. The largest absolute Gasteiger partial charge is 0.391 e. The van der Waals surface area contributed by atoms with Gasteiger partial charge in [-0.3, -0.25) is 4.79 Å². The van der Waals surface area contributed by atoms with Gasteiger partial charge in [-0.15, -0.1) is 0 Å². The third kappa shape index (κ3) is 4.72. The first-order chi connectivity index (χ1) is 16.0. The fourth-order valence-electron chi connectivity index (χ4n) is 4.36. The highest BCUT2D eigenvalue weighted by Crippen LogP contribution is 2.29. The summed E-state index contributed by atoms with van der Waals surface area (Å²) in [7, 11) is 2.07. The molecule has 0 bridgehead atoms. The van der Waals surface area contributed by atoms with E-state index in [2.05, 4.69) is 23.2 Å². The molecule has 3 aromatic rings. The molecule has 3 heterocycles. The van der Waals surface area contributed by atoms with Crippen LogP contribution in [-0.4, -0.2) is 65.5 Å². The van der Waals surface area contributed by atoms with E-state index in [1.165, 1.54) is 11.8 Å². The van der Waals surface area contributed by atoms with E-state index in [0.717, 1.165) is 84.4 Å². The molecule has 33 heavy (non-hydrogen) atoms. The third-order valence-corrected chi connectivity index (χ3v) is 6.97. The SMILES string of the molecule is BN(CC1CCOCC1)c1nc(SC)nc2c(-c3ccc(C(=O)NC4CC4)c(C)c3)cnn12. The molecule has 10 heteroatoms. The van der Waals surface area contributed by atoms with Gasteiger partial charge in [0, 0.05) is 36.9 Å². The van der Waals surface area contributed by atoms with Gasteiger partial charge in [0.1, 0.15) is 0 Å². The minimum atomic E-state index is 0.00503. The number of fused-ring (bicyclic) bond motifs is 1. The van der Waals surface area contributed by atoms with Crippen LogP contribution in [-0.2, 0) is 4.74 Å². The van der Waals surface area contributed by atoms with Crippen LogP contribution in [0.3, 0.4) is 0 Å². The lowest BCUT2D eigenvalue weighted by atomic mass is 9.98. The molecule has 5 rings (SSSR count). The predicted octanol–water partition coefficient (Wildman–Crippen LogP) is 2.49. The number of rotatable bonds is 7. The molecule has 1 aromatic carbocycles. The average Bonchev–Trinajstić information content (AvgIpc) is 3.53. The fraction of sp³-hybridized carbons (Fsp3) is 0.478. The van der Waals surface area contributed by atoms with Gasteiger partial charge in [0.15, 0.2) is 10.8 Å². The van der Waals surface area contributed by atoms with Gasteiger partial charge in [-0.2, -0.15) is 14.6 Å². The Bertz CT molecular complexity index is 1180. The van der Waals surface area contributed by atoms with Gasteiger partial charge in [-0.25, -0.2) is 4.98 Å². The van der Waals surface area contributed by atoms with Crippen molar-refractivity contribution in [2.24, 2.45) is 5.92 Å². The maximum absolute atomic E-state index is 12.5. The quantitative estimate of drug-likeness (QED) is 0.425. The van der Waals surface area contributed by atoms with Crippen LogP contribution >= 0.6 is 11.8 Å². The second kappa shape index (κ2) is 9.34. The van der Waals surface area contributed by atoms with Gasteiger partial charge in [-0.05, 0) is 62.0 Å². The monoisotopic (exact) mass is 464 g/mol. The molecule has 1 amide bonds. The number of carbonyl (C=O) groups is 1. The van der Waals surface area contributed by atoms with Crippen molar-refractivity contribution >= 4 is 37.2 Å². The van der Waals surface area contributed by atoms with Gasteiger partial charge in [0.05, 0.1) is 6.20 Å². The zero-order valence-corrected chi connectivity index (χ0v) is 20.2. The van der Waals surface area contributed by atoms with Crippen LogP contribution in [0, 0.1) is 12.8 Å². The summed E-state index contributed by atoms with van der Waals surface area (Å²) in [6, 6.07) is 6.28.